The molecule has 1 aliphatic heterocycles. The summed E-state index contributed by atoms with van der Waals surface area (Å²) in [6.45, 7) is 18.9. The Bertz CT molecular complexity index is 1310. The Kier molecular flexibility index (Phi) is 5.52. The van der Waals surface area contributed by atoms with Crippen LogP contribution in [0.1, 0.15) is 124 Å². The molecular formula is C38H53BrO2. The molecule has 0 aromatic heterocycles. The fourth-order valence-electron chi connectivity index (χ4n) is 14.2. The van der Waals surface area contributed by atoms with Crippen molar-refractivity contribution in [2.24, 2.45) is 61.6 Å². The first-order chi connectivity index (χ1) is 19.1. The van der Waals surface area contributed by atoms with Crippen molar-refractivity contribution in [3.8, 4) is 0 Å². The summed E-state index contributed by atoms with van der Waals surface area (Å²) in [5, 5.41) is 0. The molecule has 0 amide bonds. The first-order valence-electron chi connectivity index (χ1n) is 17.1. The van der Waals surface area contributed by atoms with Crippen molar-refractivity contribution in [2.75, 3.05) is 6.61 Å². The van der Waals surface area contributed by atoms with Crippen LogP contribution in [0.25, 0.3) is 0 Å². The Morgan fingerprint density at radius 2 is 1.61 bits per heavy atom. The van der Waals surface area contributed by atoms with Crippen molar-refractivity contribution >= 4 is 21.7 Å². The van der Waals surface area contributed by atoms with Gasteiger partial charge in [0.2, 0.25) is 0 Å². The lowest BCUT2D eigenvalue weighted by atomic mass is 9.31. The molecule has 2 nitrogen and oxygen atoms in total. The molecule has 3 heteroatoms. The van der Waals surface area contributed by atoms with Crippen molar-refractivity contribution in [3.63, 3.8) is 0 Å². The van der Waals surface area contributed by atoms with Gasteiger partial charge in [-0.15, -0.1) is 0 Å². The molecule has 224 valence electrons. The molecule has 2 bridgehead atoms. The number of Topliss-reactive ketones (excluding diaryl/α,β-unsaturated/α-hetero) is 1. The minimum Gasteiger partial charge on any atom is -0.377 e. The zero-order valence-electron chi connectivity index (χ0n) is 26.7. The summed E-state index contributed by atoms with van der Waals surface area (Å²) in [5.41, 5.74) is 2.63. The van der Waals surface area contributed by atoms with E-state index in [1.165, 1.54) is 56.9 Å². The van der Waals surface area contributed by atoms with Crippen LogP contribution in [0, 0.1) is 61.6 Å². The molecule has 6 saturated carbocycles. The van der Waals surface area contributed by atoms with Crippen LogP contribution in [0.5, 0.6) is 0 Å². The van der Waals surface area contributed by atoms with Gasteiger partial charge in [0.25, 0.3) is 0 Å². The minimum atomic E-state index is -0.246. The van der Waals surface area contributed by atoms with E-state index in [1.54, 1.807) is 0 Å². The molecule has 1 aromatic rings. The van der Waals surface area contributed by atoms with E-state index in [1.807, 2.05) is 0 Å². The fraction of sp³-hybridized carbons (Fsp3) is 0.816. The summed E-state index contributed by atoms with van der Waals surface area (Å²) in [6.07, 6.45) is 13.3. The number of ketones is 1. The van der Waals surface area contributed by atoms with E-state index >= 15 is 0 Å². The van der Waals surface area contributed by atoms with Gasteiger partial charge in [0, 0.05) is 15.3 Å². The number of ether oxygens (including phenoxy) is 1. The largest absolute Gasteiger partial charge is 0.377 e. The second-order valence-electron chi connectivity index (χ2n) is 18.5. The topological polar surface area (TPSA) is 26.3 Å². The maximum atomic E-state index is 14.5. The van der Waals surface area contributed by atoms with Crippen molar-refractivity contribution in [1.82, 2.24) is 0 Å². The maximum absolute atomic E-state index is 14.5. The fourth-order valence-corrected chi connectivity index (χ4v) is 14.7. The third-order valence-corrected chi connectivity index (χ3v) is 16.8. The Morgan fingerprint density at radius 1 is 0.854 bits per heavy atom. The molecule has 1 heterocycles. The average Bonchev–Trinajstić information content (AvgIpc) is 3.51. The van der Waals surface area contributed by atoms with Crippen molar-refractivity contribution in [3.05, 3.63) is 34.3 Å². The molecule has 1 saturated heterocycles. The maximum Gasteiger partial charge on any atom is 0.145 e. The minimum absolute atomic E-state index is 0.164. The van der Waals surface area contributed by atoms with E-state index in [4.69, 9.17) is 4.74 Å². The molecule has 11 atom stereocenters. The molecule has 0 unspecified atom stereocenters. The summed E-state index contributed by atoms with van der Waals surface area (Å²) in [4.78, 5) is 14.5. The standard InChI is InChI=1S/C38H53BrO2/c1-32(2)15-17-37-18-16-35(6)25(29(37)30(32)41-22-37)11-12-28-34(5)21-38(20-26(38)23-9-8-10-24(39)19-23)31(40)33(3,4)27(34)13-14-36(28,35)7/h8-10,19,25-30H,11-18,20-22H2,1-7H3/t25-,26-,27-,28-,29-,30-,34+,35-,36-,37-,38-/m1/s1. The van der Waals surface area contributed by atoms with Crippen molar-refractivity contribution < 1.29 is 9.53 Å². The van der Waals surface area contributed by atoms with Crippen LogP contribution in [0.3, 0.4) is 0 Å². The van der Waals surface area contributed by atoms with Gasteiger partial charge in [0.1, 0.15) is 5.78 Å². The first kappa shape index (κ1) is 27.8. The van der Waals surface area contributed by atoms with E-state index in [2.05, 4.69) is 88.7 Å². The van der Waals surface area contributed by atoms with Crippen LogP contribution >= 0.6 is 15.9 Å². The molecule has 7 fully saturated rings. The van der Waals surface area contributed by atoms with Gasteiger partial charge < -0.3 is 4.74 Å². The number of benzene rings is 1. The Balaban J connectivity index is 1.18. The summed E-state index contributed by atoms with van der Waals surface area (Å²) in [5.74, 6) is 3.70. The second kappa shape index (κ2) is 8.13. The number of halogens is 1. The number of carbonyl (C=O) groups is 1. The number of hydrogen-bond donors (Lipinski definition) is 0. The number of carbonyl (C=O) groups excluding carboxylic acids is 1. The first-order valence-corrected chi connectivity index (χ1v) is 17.9. The average molecular weight is 622 g/mol. The van der Waals surface area contributed by atoms with Gasteiger partial charge in [-0.05, 0) is 139 Å². The van der Waals surface area contributed by atoms with Gasteiger partial charge >= 0.3 is 0 Å². The van der Waals surface area contributed by atoms with E-state index < -0.39 is 0 Å². The van der Waals surface area contributed by atoms with Crippen LogP contribution in [-0.4, -0.2) is 18.5 Å². The van der Waals surface area contributed by atoms with Crippen molar-refractivity contribution in [1.29, 1.82) is 0 Å². The highest BCUT2D eigenvalue weighted by molar-refractivity contribution is 9.10. The van der Waals surface area contributed by atoms with E-state index in [0.29, 0.717) is 51.3 Å². The van der Waals surface area contributed by atoms with Crippen LogP contribution in [-0.2, 0) is 9.53 Å². The lowest BCUT2D eigenvalue weighted by Gasteiger charge is -2.73. The van der Waals surface area contributed by atoms with E-state index in [-0.39, 0.29) is 16.2 Å². The highest BCUT2D eigenvalue weighted by Gasteiger charge is 2.77. The summed E-state index contributed by atoms with van der Waals surface area (Å²) >= 11 is 3.71. The summed E-state index contributed by atoms with van der Waals surface area (Å²) in [6, 6.07) is 8.84. The monoisotopic (exact) mass is 620 g/mol. The van der Waals surface area contributed by atoms with E-state index in [0.717, 1.165) is 35.8 Å². The molecule has 1 spiro atoms. The number of hydrogen-bond acceptors (Lipinski definition) is 2. The third kappa shape index (κ3) is 3.23. The normalized spacial score (nSPS) is 54.1. The highest BCUT2D eigenvalue weighted by Crippen LogP contribution is 2.81. The highest BCUT2D eigenvalue weighted by atomic mass is 79.9. The van der Waals surface area contributed by atoms with Gasteiger partial charge in [-0.2, -0.15) is 0 Å². The Morgan fingerprint density at radius 3 is 2.37 bits per heavy atom. The summed E-state index contributed by atoms with van der Waals surface area (Å²) in [7, 11) is 0. The smallest absolute Gasteiger partial charge is 0.145 e. The van der Waals surface area contributed by atoms with Gasteiger partial charge in [-0.3, -0.25) is 4.79 Å². The molecular weight excluding hydrogens is 568 g/mol. The molecule has 7 aliphatic rings. The van der Waals surface area contributed by atoms with Crippen LogP contribution in [0.4, 0.5) is 0 Å². The lowest BCUT2D eigenvalue weighted by molar-refractivity contribution is -0.244. The predicted octanol–water partition coefficient (Wildman–Crippen LogP) is 9.99. The molecule has 1 aromatic carbocycles. The molecule has 0 N–H and O–H groups in total. The van der Waals surface area contributed by atoms with Crippen LogP contribution in [0.15, 0.2) is 28.7 Å². The quantitative estimate of drug-likeness (QED) is 0.312. The number of rotatable bonds is 1. The van der Waals surface area contributed by atoms with Crippen LogP contribution in [0.2, 0.25) is 0 Å². The number of fused-ring (bicyclic) bond motifs is 5. The molecule has 8 rings (SSSR count). The Labute approximate surface area is 257 Å². The predicted molar refractivity (Wildman–Crippen MR) is 169 cm³/mol. The van der Waals surface area contributed by atoms with E-state index in [9.17, 15) is 4.79 Å². The third-order valence-electron chi connectivity index (χ3n) is 16.3. The summed E-state index contributed by atoms with van der Waals surface area (Å²) < 4.78 is 7.93. The SMILES string of the molecule is CC1(C)CC[C@]23CC[C@]4(C)[C@H](CC[C@@H]5[C@@]6(C)C[C@@]7(C[C@@H]7c7cccc(Br)c7)C(=O)C(C)(C)[C@H]6CC[C@]54C)[C@@H]2[C@H]1OC3. The zero-order chi connectivity index (χ0) is 29.0. The molecule has 41 heavy (non-hydrogen) atoms. The molecule has 6 aliphatic carbocycles. The molecule has 0 radical (unpaired) electrons. The Hall–Kier alpha value is -0.670. The lowest BCUT2D eigenvalue weighted by Crippen LogP contribution is -2.68. The zero-order valence-corrected chi connectivity index (χ0v) is 28.3. The second-order valence-corrected chi connectivity index (χ2v) is 19.4. The van der Waals surface area contributed by atoms with Gasteiger partial charge in [-0.1, -0.05) is 76.5 Å². The van der Waals surface area contributed by atoms with Crippen LogP contribution < -0.4 is 0 Å². The van der Waals surface area contributed by atoms with Gasteiger partial charge in [-0.25, -0.2) is 0 Å². The van der Waals surface area contributed by atoms with Gasteiger partial charge in [0.05, 0.1) is 12.7 Å². The van der Waals surface area contributed by atoms with Gasteiger partial charge in [0.15, 0.2) is 0 Å². The van der Waals surface area contributed by atoms with Crippen molar-refractivity contribution in [2.45, 2.75) is 125 Å².